The Kier molecular flexibility index (Phi) is 7.28. The van der Waals surface area contributed by atoms with Crippen molar-refractivity contribution in [1.29, 1.82) is 5.26 Å². The molecule has 2 heterocycles. The number of rotatable bonds is 7. The number of esters is 1. The van der Waals surface area contributed by atoms with Gasteiger partial charge in [-0.1, -0.05) is 30.3 Å². The van der Waals surface area contributed by atoms with E-state index in [-0.39, 0.29) is 24.6 Å². The number of carbonyl (C=O) groups excluding carboxylic acids is 2. The fourth-order valence-electron chi connectivity index (χ4n) is 3.97. The van der Waals surface area contributed by atoms with Gasteiger partial charge in [-0.3, -0.25) is 14.5 Å². The number of hydrogen-bond acceptors (Lipinski definition) is 7. The first-order valence-corrected chi connectivity index (χ1v) is 11.2. The van der Waals surface area contributed by atoms with Crippen molar-refractivity contribution >= 4 is 34.2 Å². The molecule has 2 aromatic rings. The van der Waals surface area contributed by atoms with Gasteiger partial charge >= 0.3 is 11.9 Å². The molecule has 0 bridgehead atoms. The third-order valence-corrected chi connectivity index (χ3v) is 6.97. The first kappa shape index (κ1) is 23.4. The zero-order valence-electron chi connectivity index (χ0n) is 18.0. The van der Waals surface area contributed by atoms with E-state index in [0.717, 1.165) is 16.9 Å². The molecule has 1 saturated heterocycles. The lowest BCUT2D eigenvalue weighted by Gasteiger charge is -2.38. The average molecular weight is 456 g/mol. The first-order chi connectivity index (χ1) is 15.3. The van der Waals surface area contributed by atoms with E-state index in [0.29, 0.717) is 41.4 Å². The SMILES string of the molecule is CCOC(=O)c1sc(NC(=O)CN2CCC(C(=O)O)(c3ccccc3)CC2)c(C#N)c1C. The zero-order chi connectivity index (χ0) is 23.3. The van der Waals surface area contributed by atoms with Crippen LogP contribution in [0.5, 0.6) is 0 Å². The highest BCUT2D eigenvalue weighted by Crippen LogP contribution is 2.36. The van der Waals surface area contributed by atoms with Gasteiger partial charge in [-0.25, -0.2) is 4.79 Å². The maximum atomic E-state index is 12.6. The van der Waals surface area contributed by atoms with Crippen molar-refractivity contribution in [2.45, 2.75) is 32.1 Å². The third kappa shape index (κ3) is 4.66. The summed E-state index contributed by atoms with van der Waals surface area (Å²) < 4.78 is 5.02. The molecule has 0 aliphatic carbocycles. The number of carboxylic acids is 1. The van der Waals surface area contributed by atoms with Crippen LogP contribution < -0.4 is 5.32 Å². The highest BCUT2D eigenvalue weighted by atomic mass is 32.1. The first-order valence-electron chi connectivity index (χ1n) is 10.3. The summed E-state index contributed by atoms with van der Waals surface area (Å²) in [5, 5.41) is 22.4. The van der Waals surface area contributed by atoms with Gasteiger partial charge < -0.3 is 15.2 Å². The Hall–Kier alpha value is -3.22. The molecule has 0 radical (unpaired) electrons. The number of hydrogen-bond donors (Lipinski definition) is 2. The Morgan fingerprint density at radius 1 is 1.25 bits per heavy atom. The summed E-state index contributed by atoms with van der Waals surface area (Å²) in [6, 6.07) is 11.2. The largest absolute Gasteiger partial charge is 0.481 e. The Labute approximate surface area is 190 Å². The van der Waals surface area contributed by atoms with Crippen molar-refractivity contribution in [3.8, 4) is 6.07 Å². The number of carboxylic acid groups (broad SMARTS) is 1. The second-order valence-electron chi connectivity index (χ2n) is 7.67. The standard InChI is InChI=1S/C23H25N3O5S/c1-3-31-21(28)19-15(2)17(13-24)20(32-19)25-18(27)14-26-11-9-23(10-12-26,22(29)30)16-7-5-4-6-8-16/h4-8H,3,9-12,14H2,1-2H3,(H,25,27)(H,29,30). The van der Waals surface area contributed by atoms with Gasteiger partial charge in [0.2, 0.25) is 5.91 Å². The van der Waals surface area contributed by atoms with Gasteiger partial charge in [0.15, 0.2) is 0 Å². The Bertz CT molecular complexity index is 1050. The molecule has 8 nitrogen and oxygen atoms in total. The van der Waals surface area contributed by atoms with E-state index in [2.05, 4.69) is 5.32 Å². The van der Waals surface area contributed by atoms with Gasteiger partial charge in [0, 0.05) is 13.1 Å². The van der Waals surface area contributed by atoms with Crippen LogP contribution in [0.4, 0.5) is 5.00 Å². The van der Waals surface area contributed by atoms with Crippen LogP contribution >= 0.6 is 11.3 Å². The minimum atomic E-state index is -0.957. The molecule has 32 heavy (non-hydrogen) atoms. The van der Waals surface area contributed by atoms with Crippen LogP contribution in [0, 0.1) is 18.3 Å². The van der Waals surface area contributed by atoms with Crippen LogP contribution in [0.15, 0.2) is 30.3 Å². The lowest BCUT2D eigenvalue weighted by Crippen LogP contribution is -2.49. The molecule has 1 aromatic carbocycles. The molecule has 1 amide bonds. The van der Waals surface area contributed by atoms with Gasteiger partial charge in [-0.15, -0.1) is 11.3 Å². The summed E-state index contributed by atoms with van der Waals surface area (Å²) in [5.74, 6) is -1.69. The Balaban J connectivity index is 1.66. The number of nitriles is 1. The number of nitrogens with zero attached hydrogens (tertiary/aromatic N) is 2. The molecule has 3 rings (SSSR count). The van der Waals surface area contributed by atoms with E-state index in [4.69, 9.17) is 4.74 Å². The average Bonchev–Trinajstić information content (AvgIpc) is 3.09. The lowest BCUT2D eigenvalue weighted by molar-refractivity contribution is -0.146. The zero-order valence-corrected chi connectivity index (χ0v) is 18.8. The summed E-state index contributed by atoms with van der Waals surface area (Å²) in [4.78, 5) is 39.0. The summed E-state index contributed by atoms with van der Waals surface area (Å²) in [6.07, 6.45) is 0.794. The van der Waals surface area contributed by atoms with E-state index in [1.54, 1.807) is 13.8 Å². The van der Waals surface area contributed by atoms with Crippen molar-refractivity contribution in [2.75, 3.05) is 31.6 Å². The molecule has 0 spiro atoms. The van der Waals surface area contributed by atoms with Crippen LogP contribution in [-0.2, 0) is 19.7 Å². The van der Waals surface area contributed by atoms with Crippen molar-refractivity contribution in [1.82, 2.24) is 4.90 Å². The number of piperidine rings is 1. The van der Waals surface area contributed by atoms with Crippen LogP contribution in [-0.4, -0.2) is 54.1 Å². The minimum Gasteiger partial charge on any atom is -0.481 e. The maximum absolute atomic E-state index is 12.6. The molecule has 9 heteroatoms. The fraction of sp³-hybridized carbons (Fsp3) is 0.391. The second-order valence-corrected chi connectivity index (χ2v) is 8.69. The number of ether oxygens (including phenoxy) is 1. The topological polar surface area (TPSA) is 120 Å². The van der Waals surface area contributed by atoms with Gasteiger partial charge in [-0.2, -0.15) is 5.26 Å². The minimum absolute atomic E-state index is 0.0705. The normalized spacial score (nSPS) is 15.5. The molecular weight excluding hydrogens is 430 g/mol. The Morgan fingerprint density at radius 3 is 2.47 bits per heavy atom. The number of thiophene rings is 1. The Morgan fingerprint density at radius 2 is 1.91 bits per heavy atom. The molecule has 168 valence electrons. The van der Waals surface area contributed by atoms with Crippen LogP contribution in [0.3, 0.4) is 0 Å². The molecule has 1 aliphatic heterocycles. The number of nitrogens with one attached hydrogen (secondary N) is 1. The third-order valence-electron chi connectivity index (χ3n) is 5.78. The predicted octanol–water partition coefficient (Wildman–Crippen LogP) is 3.16. The number of aliphatic carboxylic acids is 1. The molecule has 1 fully saturated rings. The number of anilines is 1. The number of benzene rings is 1. The molecule has 0 unspecified atom stereocenters. The summed E-state index contributed by atoms with van der Waals surface area (Å²) in [5.41, 5.74) is 0.551. The predicted molar refractivity (Wildman–Crippen MR) is 120 cm³/mol. The number of amides is 1. The van der Waals surface area contributed by atoms with Crippen molar-refractivity contribution in [3.63, 3.8) is 0 Å². The van der Waals surface area contributed by atoms with Crippen molar-refractivity contribution < 1.29 is 24.2 Å². The molecule has 1 aliphatic rings. The molecule has 1 aromatic heterocycles. The molecule has 0 saturated carbocycles. The second kappa shape index (κ2) is 9.94. The lowest BCUT2D eigenvalue weighted by atomic mass is 9.73. The summed E-state index contributed by atoms with van der Waals surface area (Å²) in [7, 11) is 0. The van der Waals surface area contributed by atoms with E-state index in [1.165, 1.54) is 0 Å². The van der Waals surface area contributed by atoms with Gasteiger partial charge in [-0.05, 0) is 37.8 Å². The smallest absolute Gasteiger partial charge is 0.348 e. The van der Waals surface area contributed by atoms with E-state index in [9.17, 15) is 24.8 Å². The van der Waals surface area contributed by atoms with Gasteiger partial charge in [0.25, 0.3) is 0 Å². The fourth-order valence-corrected chi connectivity index (χ4v) is 5.04. The summed E-state index contributed by atoms with van der Waals surface area (Å²) >= 11 is 1.02. The molecule has 2 N–H and O–H groups in total. The van der Waals surface area contributed by atoms with Crippen LogP contribution in [0.25, 0.3) is 0 Å². The summed E-state index contributed by atoms with van der Waals surface area (Å²) in [6.45, 7) is 4.55. The highest BCUT2D eigenvalue weighted by molar-refractivity contribution is 7.18. The van der Waals surface area contributed by atoms with E-state index >= 15 is 0 Å². The van der Waals surface area contributed by atoms with Gasteiger partial charge in [0.1, 0.15) is 15.9 Å². The monoisotopic (exact) mass is 455 g/mol. The highest BCUT2D eigenvalue weighted by Gasteiger charge is 2.43. The van der Waals surface area contributed by atoms with Crippen LogP contribution in [0.1, 0.15) is 46.1 Å². The quantitative estimate of drug-likeness (QED) is 0.615. The van der Waals surface area contributed by atoms with E-state index < -0.39 is 17.4 Å². The maximum Gasteiger partial charge on any atom is 0.348 e. The van der Waals surface area contributed by atoms with Crippen LogP contribution in [0.2, 0.25) is 0 Å². The van der Waals surface area contributed by atoms with Crippen molar-refractivity contribution in [3.05, 3.63) is 51.9 Å². The van der Waals surface area contributed by atoms with Crippen molar-refractivity contribution in [2.24, 2.45) is 0 Å². The van der Waals surface area contributed by atoms with Gasteiger partial charge in [0.05, 0.1) is 24.1 Å². The number of carbonyl (C=O) groups is 3. The number of likely N-dealkylation sites (tertiary alicyclic amines) is 1. The molecule has 0 atom stereocenters. The molecular formula is C23H25N3O5S. The van der Waals surface area contributed by atoms with E-state index in [1.807, 2.05) is 41.3 Å².